The molecule has 0 aliphatic rings. The Balaban J connectivity index is 1.58. The van der Waals surface area contributed by atoms with E-state index in [1.54, 1.807) is 10.6 Å². The quantitative estimate of drug-likeness (QED) is 0.559. The van der Waals surface area contributed by atoms with Crippen LogP contribution < -0.4 is 10.6 Å². The summed E-state index contributed by atoms with van der Waals surface area (Å²) in [6.07, 6.45) is 0. The number of carbonyl (C=O) groups excluding carboxylic acids is 2. The first-order chi connectivity index (χ1) is 13.8. The van der Waals surface area contributed by atoms with Gasteiger partial charge in [0.2, 0.25) is 5.91 Å². The Morgan fingerprint density at radius 2 is 2.07 bits per heavy atom. The molecule has 8 nitrogen and oxygen atoms in total. The number of thiazole rings is 1. The zero-order valence-electron chi connectivity index (χ0n) is 16.6. The highest BCUT2D eigenvalue weighted by molar-refractivity contribution is 7.99. The maximum atomic E-state index is 12.5. The summed E-state index contributed by atoms with van der Waals surface area (Å²) in [5.74, 6) is 0.477. The Bertz CT molecular complexity index is 1030. The lowest BCUT2D eigenvalue weighted by molar-refractivity contribution is -0.113. The van der Waals surface area contributed by atoms with Gasteiger partial charge >= 0.3 is 0 Å². The summed E-state index contributed by atoms with van der Waals surface area (Å²) in [7, 11) is 1.81. The molecule has 2 amide bonds. The second-order valence-corrected chi connectivity index (χ2v) is 8.40. The van der Waals surface area contributed by atoms with Crippen molar-refractivity contribution in [3.05, 3.63) is 52.3 Å². The van der Waals surface area contributed by atoms with Crippen molar-refractivity contribution in [2.24, 2.45) is 7.05 Å². The highest BCUT2D eigenvalue weighted by Crippen LogP contribution is 2.20. The van der Waals surface area contributed by atoms with Crippen LogP contribution in [0.3, 0.4) is 0 Å². The Kier molecular flexibility index (Phi) is 6.65. The van der Waals surface area contributed by atoms with Crippen LogP contribution >= 0.6 is 23.1 Å². The highest BCUT2D eigenvalue weighted by Gasteiger charge is 2.19. The minimum Gasteiger partial charge on any atom is -0.342 e. The Labute approximate surface area is 177 Å². The van der Waals surface area contributed by atoms with E-state index in [9.17, 15) is 9.59 Å². The molecule has 0 spiro atoms. The molecule has 3 rings (SSSR count). The fraction of sp³-hybridized carbons (Fsp3) is 0.316. The van der Waals surface area contributed by atoms with E-state index in [0.717, 1.165) is 11.3 Å². The molecule has 0 fully saturated rings. The van der Waals surface area contributed by atoms with Crippen LogP contribution in [0.25, 0.3) is 0 Å². The number of aryl methyl sites for hydroxylation is 2. The lowest BCUT2D eigenvalue weighted by Gasteiger charge is -2.14. The van der Waals surface area contributed by atoms with Gasteiger partial charge in [-0.2, -0.15) is 0 Å². The first-order valence-electron chi connectivity index (χ1n) is 8.95. The number of hydrogen-bond acceptors (Lipinski definition) is 7. The number of thioether (sulfide) groups is 1. The number of rotatable bonds is 7. The summed E-state index contributed by atoms with van der Waals surface area (Å²) in [5.41, 5.74) is 2.49. The second-order valence-electron chi connectivity index (χ2n) is 6.60. The Hall–Kier alpha value is -2.72. The van der Waals surface area contributed by atoms with E-state index in [2.05, 4.69) is 25.8 Å². The normalized spacial score (nSPS) is 11.9. The molecule has 2 heterocycles. The van der Waals surface area contributed by atoms with Crippen molar-refractivity contribution in [1.82, 2.24) is 25.1 Å². The van der Waals surface area contributed by atoms with Gasteiger partial charge in [0.1, 0.15) is 0 Å². The number of nitrogens with zero attached hydrogens (tertiary/aromatic N) is 4. The molecule has 1 aromatic carbocycles. The summed E-state index contributed by atoms with van der Waals surface area (Å²) in [4.78, 5) is 28.8. The molecule has 0 aliphatic carbocycles. The molecule has 2 aromatic heterocycles. The van der Waals surface area contributed by atoms with Gasteiger partial charge in [0.25, 0.3) is 5.91 Å². The molecule has 0 aliphatic heterocycles. The van der Waals surface area contributed by atoms with Crippen LogP contribution in [0, 0.1) is 13.8 Å². The zero-order valence-corrected chi connectivity index (χ0v) is 18.2. The Morgan fingerprint density at radius 1 is 1.28 bits per heavy atom. The molecule has 1 atom stereocenters. The number of aromatic nitrogens is 4. The van der Waals surface area contributed by atoms with E-state index in [1.807, 2.05) is 51.4 Å². The molecule has 0 saturated carbocycles. The summed E-state index contributed by atoms with van der Waals surface area (Å²) >= 11 is 2.67. The minimum absolute atomic E-state index is 0.158. The molecule has 0 saturated heterocycles. The number of benzene rings is 1. The van der Waals surface area contributed by atoms with Crippen molar-refractivity contribution in [3.8, 4) is 0 Å². The lowest BCUT2D eigenvalue weighted by atomic mass is 10.1. The monoisotopic (exact) mass is 430 g/mol. The summed E-state index contributed by atoms with van der Waals surface area (Å²) in [6, 6.07) is 7.07. The smallest absolute Gasteiger partial charge is 0.251 e. The highest BCUT2D eigenvalue weighted by atomic mass is 32.2. The number of anilines is 1. The number of carbonyl (C=O) groups is 2. The zero-order chi connectivity index (χ0) is 21.0. The van der Waals surface area contributed by atoms with Gasteiger partial charge in [0.15, 0.2) is 16.1 Å². The first kappa shape index (κ1) is 21.0. The van der Waals surface area contributed by atoms with Crippen LogP contribution in [-0.2, 0) is 11.8 Å². The third kappa shape index (κ3) is 5.42. The number of amides is 2. The van der Waals surface area contributed by atoms with Gasteiger partial charge < -0.3 is 15.2 Å². The van der Waals surface area contributed by atoms with Gasteiger partial charge in [-0.05, 0) is 32.9 Å². The van der Waals surface area contributed by atoms with E-state index >= 15 is 0 Å². The van der Waals surface area contributed by atoms with Crippen LogP contribution in [0.4, 0.5) is 5.13 Å². The van der Waals surface area contributed by atoms with E-state index in [1.165, 1.54) is 23.1 Å². The minimum atomic E-state index is -0.331. The molecular weight excluding hydrogens is 408 g/mol. The van der Waals surface area contributed by atoms with Crippen molar-refractivity contribution in [3.63, 3.8) is 0 Å². The summed E-state index contributed by atoms with van der Waals surface area (Å²) in [5, 5.41) is 17.1. The predicted octanol–water partition coefficient (Wildman–Crippen LogP) is 3.11. The van der Waals surface area contributed by atoms with Crippen LogP contribution in [0.5, 0.6) is 0 Å². The molecule has 2 N–H and O–H groups in total. The van der Waals surface area contributed by atoms with Crippen LogP contribution in [0.1, 0.15) is 40.4 Å². The summed E-state index contributed by atoms with van der Waals surface area (Å²) in [6.45, 7) is 5.67. The second kappa shape index (κ2) is 9.19. The molecule has 1 unspecified atom stereocenters. The molecular formula is C19H22N6O2S2. The Morgan fingerprint density at radius 3 is 2.76 bits per heavy atom. The molecule has 3 aromatic rings. The number of hydrogen-bond donors (Lipinski definition) is 2. The average molecular weight is 431 g/mol. The van der Waals surface area contributed by atoms with Gasteiger partial charge in [-0.25, -0.2) is 4.98 Å². The lowest BCUT2D eigenvalue weighted by Crippen LogP contribution is -2.28. The topological polar surface area (TPSA) is 102 Å². The van der Waals surface area contributed by atoms with E-state index < -0.39 is 0 Å². The summed E-state index contributed by atoms with van der Waals surface area (Å²) < 4.78 is 1.78. The maximum Gasteiger partial charge on any atom is 0.251 e. The van der Waals surface area contributed by atoms with Crippen molar-refractivity contribution in [1.29, 1.82) is 0 Å². The van der Waals surface area contributed by atoms with Crippen molar-refractivity contribution in [2.75, 3.05) is 11.1 Å². The van der Waals surface area contributed by atoms with Gasteiger partial charge in [-0.1, -0.05) is 29.5 Å². The molecule has 0 bridgehead atoms. The van der Waals surface area contributed by atoms with Gasteiger partial charge in [0.05, 0.1) is 17.5 Å². The van der Waals surface area contributed by atoms with E-state index in [0.29, 0.717) is 21.7 Å². The fourth-order valence-electron chi connectivity index (χ4n) is 2.66. The number of nitrogens with one attached hydrogen (secondary N) is 2. The van der Waals surface area contributed by atoms with Gasteiger partial charge in [-0.3, -0.25) is 9.59 Å². The van der Waals surface area contributed by atoms with Crippen molar-refractivity contribution < 1.29 is 9.59 Å². The van der Waals surface area contributed by atoms with Gasteiger partial charge in [0, 0.05) is 18.0 Å². The largest absolute Gasteiger partial charge is 0.342 e. The van der Waals surface area contributed by atoms with E-state index in [-0.39, 0.29) is 23.6 Å². The predicted molar refractivity (Wildman–Crippen MR) is 114 cm³/mol. The SMILES string of the molecule is Cc1cccc(C(=O)NC(C)c2nnc(SCC(=O)Nc3nc(C)cs3)n2C)c1. The van der Waals surface area contributed by atoms with E-state index in [4.69, 9.17) is 0 Å². The standard InChI is InChI=1S/C19H22N6O2S2/c1-11-6-5-7-14(8-11)17(27)21-13(3)16-23-24-19(25(16)4)29-10-15(26)22-18-20-12(2)9-28-18/h5-9,13H,10H2,1-4H3,(H,21,27)(H,20,22,26). The van der Waals surface area contributed by atoms with Crippen molar-refractivity contribution >= 4 is 40.0 Å². The fourth-order valence-corrected chi connectivity index (χ4v) is 4.08. The van der Waals surface area contributed by atoms with Crippen molar-refractivity contribution in [2.45, 2.75) is 32.0 Å². The molecule has 10 heteroatoms. The van der Waals surface area contributed by atoms with Crippen LogP contribution in [0.15, 0.2) is 34.8 Å². The molecule has 152 valence electrons. The maximum absolute atomic E-state index is 12.5. The third-order valence-corrected chi connectivity index (χ3v) is 5.98. The van der Waals surface area contributed by atoms with Crippen LogP contribution in [0.2, 0.25) is 0 Å². The van der Waals surface area contributed by atoms with Gasteiger partial charge in [-0.15, -0.1) is 21.5 Å². The molecule has 29 heavy (non-hydrogen) atoms. The first-order valence-corrected chi connectivity index (χ1v) is 10.8. The van der Waals surface area contributed by atoms with Crippen LogP contribution in [-0.4, -0.2) is 37.3 Å². The molecule has 0 radical (unpaired) electrons. The third-order valence-electron chi connectivity index (χ3n) is 4.08. The average Bonchev–Trinajstić information content (AvgIpc) is 3.25.